The average Bonchev–Trinajstić information content (AvgIpc) is 2.28. The van der Waals surface area contributed by atoms with Gasteiger partial charge in [-0.2, -0.15) is 0 Å². The first-order valence-corrected chi connectivity index (χ1v) is 5.42. The summed E-state index contributed by atoms with van der Waals surface area (Å²) in [5.41, 5.74) is 2.52. The zero-order chi connectivity index (χ0) is 12.4. The first-order chi connectivity index (χ1) is 8.11. The van der Waals surface area contributed by atoms with Crippen LogP contribution in [-0.4, -0.2) is 21.2 Å². The van der Waals surface area contributed by atoms with Gasteiger partial charge in [-0.05, 0) is 26.0 Å². The third kappa shape index (κ3) is 2.31. The number of carbonyl (C=O) groups excluding carboxylic acids is 1. The maximum absolute atomic E-state index is 11.0. The summed E-state index contributed by atoms with van der Waals surface area (Å²) in [6, 6.07) is 3.64. The Bertz CT molecular complexity index is 584. The van der Waals surface area contributed by atoms with Crippen molar-refractivity contribution >= 4 is 17.9 Å². The first kappa shape index (κ1) is 11.7. The summed E-state index contributed by atoms with van der Waals surface area (Å²) in [4.78, 5) is 23.4. The van der Waals surface area contributed by atoms with Gasteiger partial charge in [-0.1, -0.05) is 11.6 Å². The molecule has 0 saturated carbocycles. The van der Waals surface area contributed by atoms with Gasteiger partial charge in [0.25, 0.3) is 0 Å². The molecule has 0 amide bonds. The lowest BCUT2D eigenvalue weighted by Gasteiger charge is -2.07. The number of pyridine rings is 1. The highest BCUT2D eigenvalue weighted by molar-refractivity contribution is 6.32. The number of halogens is 1. The minimum Gasteiger partial charge on any atom is -0.298 e. The van der Waals surface area contributed by atoms with E-state index in [4.69, 9.17) is 11.6 Å². The van der Waals surface area contributed by atoms with Gasteiger partial charge in [0.05, 0.1) is 11.3 Å². The van der Waals surface area contributed by atoms with Crippen molar-refractivity contribution in [2.24, 2.45) is 0 Å². The highest BCUT2D eigenvalue weighted by atomic mass is 35.5. The quantitative estimate of drug-likeness (QED) is 0.605. The second-order valence-corrected chi connectivity index (χ2v) is 3.99. The zero-order valence-electron chi connectivity index (χ0n) is 9.44. The van der Waals surface area contributed by atoms with E-state index < -0.39 is 0 Å². The van der Waals surface area contributed by atoms with E-state index in [1.807, 2.05) is 13.0 Å². The summed E-state index contributed by atoms with van der Waals surface area (Å²) in [7, 11) is 0. The van der Waals surface area contributed by atoms with Gasteiger partial charge in [0, 0.05) is 17.5 Å². The minimum absolute atomic E-state index is 0.178. The third-order valence-corrected chi connectivity index (χ3v) is 2.59. The highest BCUT2D eigenvalue weighted by Gasteiger charge is 2.12. The number of aldehydes is 1. The molecule has 0 unspecified atom stereocenters. The van der Waals surface area contributed by atoms with Gasteiger partial charge in [0.15, 0.2) is 6.29 Å². The van der Waals surface area contributed by atoms with Crippen LogP contribution in [0.15, 0.2) is 18.3 Å². The molecule has 0 aliphatic carbocycles. The molecule has 0 N–H and O–H groups in total. The Hall–Kier alpha value is -1.81. The summed E-state index contributed by atoms with van der Waals surface area (Å²) >= 11 is 5.93. The van der Waals surface area contributed by atoms with Crippen LogP contribution in [0, 0.1) is 13.8 Å². The Morgan fingerprint density at radius 1 is 1.29 bits per heavy atom. The summed E-state index contributed by atoms with van der Waals surface area (Å²) in [6.45, 7) is 3.61. The number of rotatable bonds is 2. The Balaban J connectivity index is 2.70. The number of aromatic nitrogens is 3. The van der Waals surface area contributed by atoms with Crippen LogP contribution in [0.5, 0.6) is 0 Å². The van der Waals surface area contributed by atoms with Crippen molar-refractivity contribution in [2.45, 2.75) is 13.8 Å². The van der Waals surface area contributed by atoms with Crippen LogP contribution < -0.4 is 0 Å². The normalized spacial score (nSPS) is 10.3. The lowest BCUT2D eigenvalue weighted by atomic mass is 10.1. The molecule has 0 radical (unpaired) electrons. The summed E-state index contributed by atoms with van der Waals surface area (Å²) < 4.78 is 0. The van der Waals surface area contributed by atoms with Crippen LogP contribution in [0.25, 0.3) is 11.3 Å². The molecule has 2 heterocycles. The topological polar surface area (TPSA) is 55.7 Å². The molecule has 2 aromatic rings. The third-order valence-electron chi connectivity index (χ3n) is 2.30. The molecule has 4 nitrogen and oxygen atoms in total. The Kier molecular flexibility index (Phi) is 3.15. The van der Waals surface area contributed by atoms with E-state index >= 15 is 0 Å². The number of hydrogen-bond donors (Lipinski definition) is 0. The fraction of sp³-hybridized carbons (Fsp3) is 0.167. The van der Waals surface area contributed by atoms with Gasteiger partial charge >= 0.3 is 0 Å². The largest absolute Gasteiger partial charge is 0.298 e. The molecule has 0 fully saturated rings. The lowest BCUT2D eigenvalue weighted by molar-refractivity contribution is 0.112. The molecule has 0 saturated heterocycles. The predicted octanol–water partition coefficient (Wildman–Crippen LogP) is 2.62. The minimum atomic E-state index is 0.178. The van der Waals surface area contributed by atoms with E-state index in [0.29, 0.717) is 23.4 Å². The van der Waals surface area contributed by atoms with Gasteiger partial charge < -0.3 is 0 Å². The number of hydrogen-bond acceptors (Lipinski definition) is 4. The number of nitrogens with zero attached hydrogens (tertiary/aromatic N) is 3. The molecule has 0 aliphatic heterocycles. The monoisotopic (exact) mass is 247 g/mol. The molecule has 2 aromatic heterocycles. The van der Waals surface area contributed by atoms with Crippen molar-refractivity contribution in [2.75, 3.05) is 0 Å². The first-order valence-electron chi connectivity index (χ1n) is 5.04. The smallest absolute Gasteiger partial charge is 0.155 e. The number of aryl methyl sites for hydroxylation is 2. The standard InChI is InChI=1S/C12H10ClN3O/c1-7-5-9(3-4-14-7)11-10(6-17)12(13)16-8(2)15-11/h3-6H,1-2H3. The van der Waals surface area contributed by atoms with Crippen LogP contribution in [-0.2, 0) is 0 Å². The van der Waals surface area contributed by atoms with Crippen LogP contribution in [0.3, 0.4) is 0 Å². The van der Waals surface area contributed by atoms with E-state index in [2.05, 4.69) is 15.0 Å². The summed E-state index contributed by atoms with van der Waals surface area (Å²) in [6.07, 6.45) is 2.34. The van der Waals surface area contributed by atoms with Crippen molar-refractivity contribution < 1.29 is 4.79 Å². The van der Waals surface area contributed by atoms with Crippen molar-refractivity contribution in [3.05, 3.63) is 40.6 Å². The van der Waals surface area contributed by atoms with E-state index in [1.54, 1.807) is 19.2 Å². The van der Waals surface area contributed by atoms with E-state index in [-0.39, 0.29) is 5.15 Å². The molecular formula is C12H10ClN3O. The van der Waals surface area contributed by atoms with Gasteiger partial charge in [-0.25, -0.2) is 9.97 Å². The van der Waals surface area contributed by atoms with Gasteiger partial charge in [0.2, 0.25) is 0 Å². The van der Waals surface area contributed by atoms with Crippen LogP contribution in [0.1, 0.15) is 21.9 Å². The van der Waals surface area contributed by atoms with Crippen molar-refractivity contribution in [1.82, 2.24) is 15.0 Å². The highest BCUT2D eigenvalue weighted by Crippen LogP contribution is 2.25. The van der Waals surface area contributed by atoms with Gasteiger partial charge in [-0.15, -0.1) is 0 Å². The Morgan fingerprint density at radius 3 is 2.71 bits per heavy atom. The van der Waals surface area contributed by atoms with E-state index in [9.17, 15) is 4.79 Å². The molecule has 0 spiro atoms. The Morgan fingerprint density at radius 2 is 2.06 bits per heavy atom. The number of carbonyl (C=O) groups is 1. The fourth-order valence-electron chi connectivity index (χ4n) is 1.56. The molecule has 5 heteroatoms. The Labute approximate surface area is 104 Å². The van der Waals surface area contributed by atoms with E-state index in [0.717, 1.165) is 11.3 Å². The molecule has 17 heavy (non-hydrogen) atoms. The van der Waals surface area contributed by atoms with Crippen molar-refractivity contribution in [3.8, 4) is 11.3 Å². The van der Waals surface area contributed by atoms with Crippen molar-refractivity contribution in [3.63, 3.8) is 0 Å². The average molecular weight is 248 g/mol. The second-order valence-electron chi connectivity index (χ2n) is 3.63. The van der Waals surface area contributed by atoms with Crippen molar-refractivity contribution in [1.29, 1.82) is 0 Å². The SMILES string of the molecule is Cc1cc(-c2nc(C)nc(Cl)c2C=O)ccn1. The molecule has 0 aromatic carbocycles. The second kappa shape index (κ2) is 4.59. The zero-order valence-corrected chi connectivity index (χ0v) is 10.2. The molecule has 86 valence electrons. The van der Waals surface area contributed by atoms with Crippen LogP contribution >= 0.6 is 11.6 Å². The van der Waals surface area contributed by atoms with Gasteiger partial charge in [0.1, 0.15) is 11.0 Å². The van der Waals surface area contributed by atoms with Gasteiger partial charge in [-0.3, -0.25) is 9.78 Å². The maximum atomic E-state index is 11.0. The van der Waals surface area contributed by atoms with E-state index in [1.165, 1.54) is 0 Å². The predicted molar refractivity (Wildman–Crippen MR) is 65.1 cm³/mol. The fourth-order valence-corrected chi connectivity index (χ4v) is 1.82. The molecular weight excluding hydrogens is 238 g/mol. The summed E-state index contributed by atoms with van der Waals surface area (Å²) in [5.74, 6) is 0.532. The molecule has 0 bridgehead atoms. The molecule has 2 rings (SSSR count). The summed E-state index contributed by atoms with van der Waals surface area (Å²) in [5, 5.41) is 0.178. The van der Waals surface area contributed by atoms with Crippen LogP contribution in [0.4, 0.5) is 0 Å². The maximum Gasteiger partial charge on any atom is 0.155 e. The lowest BCUT2D eigenvalue weighted by Crippen LogP contribution is -1.99. The molecule has 0 aliphatic rings. The van der Waals surface area contributed by atoms with Crippen LogP contribution in [0.2, 0.25) is 5.15 Å². The molecule has 0 atom stereocenters.